The summed E-state index contributed by atoms with van der Waals surface area (Å²) in [5.74, 6) is -2.54. The number of anilines is 1. The third-order valence-electron chi connectivity index (χ3n) is 6.16. The van der Waals surface area contributed by atoms with Crippen LogP contribution in [-0.2, 0) is 23.9 Å². The van der Waals surface area contributed by atoms with Gasteiger partial charge in [0.2, 0.25) is 11.8 Å². The molecule has 0 spiro atoms. The van der Waals surface area contributed by atoms with Crippen molar-refractivity contribution in [1.82, 2.24) is 4.90 Å². The fourth-order valence-corrected chi connectivity index (χ4v) is 4.91. The van der Waals surface area contributed by atoms with Gasteiger partial charge in [0.15, 0.2) is 6.61 Å². The first-order chi connectivity index (χ1) is 13.4. The number of halogens is 1. The van der Waals surface area contributed by atoms with E-state index in [4.69, 9.17) is 4.74 Å². The molecule has 148 valence electrons. The monoisotopic (exact) mass is 388 g/mol. The zero-order valence-corrected chi connectivity index (χ0v) is 15.4. The number of nitrogens with zero attached hydrogens (tertiary/aromatic N) is 1. The van der Waals surface area contributed by atoms with Crippen molar-refractivity contribution in [3.63, 3.8) is 0 Å². The van der Waals surface area contributed by atoms with Gasteiger partial charge in [-0.15, -0.1) is 0 Å². The van der Waals surface area contributed by atoms with Gasteiger partial charge in [-0.25, -0.2) is 9.18 Å². The fraction of sp³-hybridized carbons (Fsp3) is 0.500. The van der Waals surface area contributed by atoms with Gasteiger partial charge in [0.25, 0.3) is 5.91 Å². The number of esters is 1. The van der Waals surface area contributed by atoms with Crippen LogP contribution in [0.1, 0.15) is 26.2 Å². The highest BCUT2D eigenvalue weighted by Crippen LogP contribution is 2.56. The average Bonchev–Trinajstić information content (AvgIpc) is 3.35. The summed E-state index contributed by atoms with van der Waals surface area (Å²) in [6, 6.07) is 4.08. The molecule has 1 aromatic rings. The second-order valence-corrected chi connectivity index (χ2v) is 7.77. The number of likely N-dealkylation sites (tertiary alicyclic amines) is 1. The summed E-state index contributed by atoms with van der Waals surface area (Å²) in [7, 11) is 0. The van der Waals surface area contributed by atoms with Gasteiger partial charge < -0.3 is 10.1 Å². The minimum Gasteiger partial charge on any atom is -0.454 e. The number of ether oxygens (including phenoxy) is 1. The molecule has 3 aliphatic rings. The summed E-state index contributed by atoms with van der Waals surface area (Å²) >= 11 is 0. The van der Waals surface area contributed by atoms with Gasteiger partial charge in [0.05, 0.1) is 11.8 Å². The van der Waals surface area contributed by atoms with Gasteiger partial charge in [-0.3, -0.25) is 19.3 Å². The van der Waals surface area contributed by atoms with E-state index in [-0.39, 0.29) is 35.5 Å². The highest BCUT2D eigenvalue weighted by atomic mass is 19.1. The number of benzene rings is 1. The predicted molar refractivity (Wildman–Crippen MR) is 95.1 cm³/mol. The molecule has 2 saturated carbocycles. The van der Waals surface area contributed by atoms with Crippen molar-refractivity contribution in [3.05, 3.63) is 30.1 Å². The highest BCUT2D eigenvalue weighted by molar-refractivity contribution is 6.08. The molecule has 7 nitrogen and oxygen atoms in total. The van der Waals surface area contributed by atoms with Gasteiger partial charge >= 0.3 is 5.97 Å². The second-order valence-electron chi connectivity index (χ2n) is 7.77. The van der Waals surface area contributed by atoms with E-state index < -0.39 is 30.3 Å². The van der Waals surface area contributed by atoms with E-state index in [1.54, 1.807) is 0 Å². The molecule has 2 bridgehead atoms. The molecule has 1 saturated heterocycles. The topological polar surface area (TPSA) is 92.8 Å². The Hall–Kier alpha value is -2.77. The Morgan fingerprint density at radius 3 is 2.29 bits per heavy atom. The molecule has 0 unspecified atom stereocenters. The number of carbonyl (C=O) groups excluding carboxylic acids is 4. The van der Waals surface area contributed by atoms with Gasteiger partial charge in [-0.2, -0.15) is 0 Å². The SMILES string of the molecule is C[C@@H](C(=O)OCC(=O)Nc1ccc(F)cc1)N1C(=O)[C@H]2[C@@H]3CC[C@H](C3)[C@@H]2C1=O. The lowest BCUT2D eigenvalue weighted by Gasteiger charge is -2.23. The van der Waals surface area contributed by atoms with Crippen LogP contribution < -0.4 is 5.32 Å². The average molecular weight is 388 g/mol. The number of rotatable bonds is 5. The van der Waals surface area contributed by atoms with E-state index in [0.29, 0.717) is 5.69 Å². The quantitative estimate of drug-likeness (QED) is 0.613. The number of amides is 3. The molecule has 0 radical (unpaired) electrons. The van der Waals surface area contributed by atoms with E-state index in [9.17, 15) is 23.6 Å². The summed E-state index contributed by atoms with van der Waals surface area (Å²) in [5.41, 5.74) is 0.365. The van der Waals surface area contributed by atoms with Crippen LogP contribution in [0.15, 0.2) is 24.3 Å². The maximum Gasteiger partial charge on any atom is 0.329 e. The number of hydrogen-bond acceptors (Lipinski definition) is 5. The zero-order valence-electron chi connectivity index (χ0n) is 15.4. The number of hydrogen-bond donors (Lipinski definition) is 1. The van der Waals surface area contributed by atoms with Gasteiger partial charge in [0.1, 0.15) is 11.9 Å². The molecule has 1 aromatic carbocycles. The van der Waals surface area contributed by atoms with E-state index in [1.807, 2.05) is 0 Å². The lowest BCUT2D eigenvalue weighted by molar-refractivity contribution is -0.159. The van der Waals surface area contributed by atoms with E-state index in [0.717, 1.165) is 24.2 Å². The maximum absolute atomic E-state index is 12.9. The predicted octanol–water partition coefficient (Wildman–Crippen LogP) is 1.73. The van der Waals surface area contributed by atoms with Crippen molar-refractivity contribution in [2.24, 2.45) is 23.7 Å². The maximum atomic E-state index is 12.9. The largest absolute Gasteiger partial charge is 0.454 e. The van der Waals surface area contributed by atoms with Crippen LogP contribution in [-0.4, -0.2) is 41.2 Å². The fourth-order valence-electron chi connectivity index (χ4n) is 4.91. The number of fused-ring (bicyclic) bond motifs is 5. The lowest BCUT2D eigenvalue weighted by atomic mass is 9.81. The summed E-state index contributed by atoms with van der Waals surface area (Å²) in [5, 5.41) is 2.47. The molecule has 0 aromatic heterocycles. The Morgan fingerprint density at radius 1 is 1.14 bits per heavy atom. The molecule has 3 amide bonds. The van der Waals surface area contributed by atoms with Crippen LogP contribution in [0.4, 0.5) is 10.1 Å². The number of imide groups is 1. The summed E-state index contributed by atoms with van der Waals surface area (Å²) in [4.78, 5) is 50.7. The Bertz CT molecular complexity index is 812. The molecular formula is C20H21FN2O5. The first kappa shape index (κ1) is 18.6. The zero-order chi connectivity index (χ0) is 20.0. The third-order valence-corrected chi connectivity index (χ3v) is 6.16. The Morgan fingerprint density at radius 2 is 1.71 bits per heavy atom. The molecule has 28 heavy (non-hydrogen) atoms. The summed E-state index contributed by atoms with van der Waals surface area (Å²) < 4.78 is 17.9. The van der Waals surface area contributed by atoms with Crippen molar-refractivity contribution in [2.45, 2.75) is 32.2 Å². The molecule has 3 fully saturated rings. The van der Waals surface area contributed by atoms with Crippen LogP contribution in [0.2, 0.25) is 0 Å². The minimum absolute atomic E-state index is 0.237. The molecule has 1 N–H and O–H groups in total. The molecule has 1 heterocycles. The van der Waals surface area contributed by atoms with Crippen LogP contribution in [0, 0.1) is 29.5 Å². The van der Waals surface area contributed by atoms with Gasteiger partial charge in [-0.05, 0) is 62.3 Å². The normalized spacial score (nSPS) is 29.0. The highest BCUT2D eigenvalue weighted by Gasteiger charge is 2.62. The van der Waals surface area contributed by atoms with Crippen molar-refractivity contribution in [1.29, 1.82) is 0 Å². The molecule has 1 aliphatic heterocycles. The van der Waals surface area contributed by atoms with Crippen molar-refractivity contribution < 1.29 is 28.3 Å². The van der Waals surface area contributed by atoms with Crippen molar-refractivity contribution in [3.8, 4) is 0 Å². The number of carbonyl (C=O) groups is 4. The lowest BCUT2D eigenvalue weighted by Crippen LogP contribution is -2.45. The molecular weight excluding hydrogens is 367 g/mol. The van der Waals surface area contributed by atoms with Crippen LogP contribution in [0.3, 0.4) is 0 Å². The number of nitrogens with one attached hydrogen (secondary N) is 1. The van der Waals surface area contributed by atoms with Crippen LogP contribution in [0.25, 0.3) is 0 Å². The first-order valence-electron chi connectivity index (χ1n) is 9.45. The third kappa shape index (κ3) is 3.06. The van der Waals surface area contributed by atoms with Crippen molar-refractivity contribution in [2.75, 3.05) is 11.9 Å². The van der Waals surface area contributed by atoms with E-state index in [2.05, 4.69) is 5.32 Å². The van der Waals surface area contributed by atoms with Gasteiger partial charge in [0, 0.05) is 5.69 Å². The van der Waals surface area contributed by atoms with Crippen molar-refractivity contribution >= 4 is 29.4 Å². The summed E-state index contributed by atoms with van der Waals surface area (Å²) in [6.07, 6.45) is 2.84. The Labute approximate surface area is 161 Å². The van der Waals surface area contributed by atoms with E-state index >= 15 is 0 Å². The summed E-state index contributed by atoms with van der Waals surface area (Å²) in [6.45, 7) is 0.883. The minimum atomic E-state index is -1.07. The standard InChI is InChI=1S/C20H21FN2O5/c1-10(20(27)28-9-15(24)22-14-6-4-13(21)5-7-14)23-18(25)16-11-2-3-12(8-11)17(16)19(23)26/h4-7,10-12,16-17H,2-3,8-9H2,1H3,(H,22,24)/t10-,11+,12+,16-,17-/m0/s1. The van der Waals surface area contributed by atoms with E-state index in [1.165, 1.54) is 31.2 Å². The Balaban J connectivity index is 1.33. The molecule has 8 heteroatoms. The Kier molecular flexibility index (Phi) is 4.64. The smallest absolute Gasteiger partial charge is 0.329 e. The molecule has 2 aliphatic carbocycles. The first-order valence-corrected chi connectivity index (χ1v) is 9.45. The molecule has 4 rings (SSSR count). The molecule has 5 atom stereocenters. The second kappa shape index (κ2) is 7.00. The van der Waals surface area contributed by atoms with Gasteiger partial charge in [-0.1, -0.05) is 0 Å². The van der Waals surface area contributed by atoms with Crippen LogP contribution >= 0.6 is 0 Å². The van der Waals surface area contributed by atoms with Crippen LogP contribution in [0.5, 0.6) is 0 Å².